The topological polar surface area (TPSA) is 85.9 Å². The normalized spacial score (nSPS) is 15.9. The number of aromatic nitrogens is 5. The quantitative estimate of drug-likeness (QED) is 0.325. The number of hydrogen-bond acceptors (Lipinski definition) is 5. The average molecular weight is 582 g/mol. The van der Waals surface area contributed by atoms with Crippen LogP contribution in [0.25, 0.3) is 16.7 Å². The van der Waals surface area contributed by atoms with E-state index < -0.39 is 23.7 Å². The number of nitrogens with zero attached hydrogens (tertiary/aromatic N) is 6. The highest BCUT2D eigenvalue weighted by atomic mass is 79.9. The van der Waals surface area contributed by atoms with Gasteiger partial charge in [0.15, 0.2) is 0 Å². The Morgan fingerprint density at radius 3 is 2.67 bits per heavy atom. The van der Waals surface area contributed by atoms with E-state index in [1.165, 1.54) is 21.6 Å². The van der Waals surface area contributed by atoms with Crippen LogP contribution < -0.4 is 5.56 Å². The molecule has 0 saturated heterocycles. The van der Waals surface area contributed by atoms with Gasteiger partial charge in [-0.1, -0.05) is 21.1 Å². The van der Waals surface area contributed by atoms with Crippen molar-refractivity contribution in [3.05, 3.63) is 78.9 Å². The molecule has 36 heavy (non-hydrogen) atoms. The van der Waals surface area contributed by atoms with E-state index in [1.54, 1.807) is 36.9 Å². The summed E-state index contributed by atoms with van der Waals surface area (Å²) in [6.45, 7) is 1.67. The molecule has 1 aliphatic rings. The zero-order chi connectivity index (χ0) is 25.9. The van der Waals surface area contributed by atoms with E-state index >= 15 is 0 Å². The first kappa shape index (κ1) is 24.4. The summed E-state index contributed by atoms with van der Waals surface area (Å²) in [5.41, 5.74) is 1.08. The number of benzene rings is 2. The molecule has 0 radical (unpaired) electrons. The molecule has 0 bridgehead atoms. The van der Waals surface area contributed by atoms with Gasteiger partial charge in [-0.15, -0.1) is 5.10 Å². The minimum absolute atomic E-state index is 0.0637. The molecule has 2 aromatic heterocycles. The predicted octanol–water partition coefficient (Wildman–Crippen LogP) is 4.54. The van der Waals surface area contributed by atoms with Crippen LogP contribution in [-0.2, 0) is 26.2 Å². The van der Waals surface area contributed by atoms with Crippen molar-refractivity contribution in [1.29, 1.82) is 0 Å². The lowest BCUT2D eigenvalue weighted by atomic mass is 9.98. The minimum Gasteiger partial charge on any atom is -0.330 e. The molecule has 0 saturated carbocycles. The van der Waals surface area contributed by atoms with Crippen LogP contribution in [0.1, 0.15) is 34.1 Å². The first-order chi connectivity index (χ1) is 17.0. The summed E-state index contributed by atoms with van der Waals surface area (Å²) in [6.07, 6.45) is -4.45. The number of aryl methyl sites for hydroxylation is 1. The number of rotatable bonds is 2. The van der Waals surface area contributed by atoms with Crippen LogP contribution in [0.5, 0.6) is 0 Å². The molecule has 1 atom stereocenters. The Labute approximate surface area is 215 Å². The second-order valence-corrected chi connectivity index (χ2v) is 9.70. The van der Waals surface area contributed by atoms with Crippen LogP contribution in [0.4, 0.5) is 13.2 Å². The second kappa shape index (κ2) is 8.70. The highest BCUT2D eigenvalue weighted by molar-refractivity contribution is 9.10. The van der Waals surface area contributed by atoms with Gasteiger partial charge in [-0.25, -0.2) is 9.67 Å². The molecule has 2 aromatic carbocycles. The molecule has 0 spiro atoms. The molecule has 1 amide bonds. The zero-order valence-corrected chi connectivity index (χ0v) is 21.2. The van der Waals surface area contributed by atoms with Gasteiger partial charge >= 0.3 is 6.18 Å². The van der Waals surface area contributed by atoms with Crippen molar-refractivity contribution in [3.63, 3.8) is 0 Å². The lowest BCUT2D eigenvalue weighted by Gasteiger charge is -2.34. The van der Waals surface area contributed by atoms with E-state index in [4.69, 9.17) is 11.6 Å². The number of fused-ring (bicyclic) bond motifs is 2. The molecule has 5 rings (SSSR count). The third kappa shape index (κ3) is 4.07. The fraction of sp³-hybridized carbons (Fsp3) is 0.261. The van der Waals surface area contributed by atoms with Crippen LogP contribution in [0.3, 0.4) is 0 Å². The van der Waals surface area contributed by atoms with Gasteiger partial charge in [0.25, 0.3) is 11.5 Å². The Morgan fingerprint density at radius 1 is 1.19 bits per heavy atom. The van der Waals surface area contributed by atoms with Gasteiger partial charge in [-0.2, -0.15) is 13.2 Å². The summed E-state index contributed by atoms with van der Waals surface area (Å²) in [7, 11) is 1.75. The summed E-state index contributed by atoms with van der Waals surface area (Å²) in [4.78, 5) is 32.4. The highest BCUT2D eigenvalue weighted by Gasteiger charge is 2.36. The van der Waals surface area contributed by atoms with Crippen molar-refractivity contribution < 1.29 is 18.0 Å². The van der Waals surface area contributed by atoms with Crippen molar-refractivity contribution in [3.8, 4) is 5.69 Å². The molecule has 0 unspecified atom stereocenters. The molecule has 0 N–H and O–H groups in total. The van der Waals surface area contributed by atoms with Crippen LogP contribution in [0.15, 0.2) is 45.7 Å². The first-order valence-electron chi connectivity index (χ1n) is 10.7. The Hall–Kier alpha value is -3.25. The summed E-state index contributed by atoms with van der Waals surface area (Å²) < 4.78 is 42.7. The van der Waals surface area contributed by atoms with Crippen LogP contribution >= 0.6 is 27.5 Å². The highest BCUT2D eigenvalue weighted by Crippen LogP contribution is 2.36. The van der Waals surface area contributed by atoms with Crippen molar-refractivity contribution in [1.82, 2.24) is 29.4 Å². The van der Waals surface area contributed by atoms with Crippen molar-refractivity contribution in [2.75, 3.05) is 0 Å². The van der Waals surface area contributed by atoms with Crippen LogP contribution in [-0.4, -0.2) is 41.4 Å². The number of carbonyl (C=O) groups is 1. The summed E-state index contributed by atoms with van der Waals surface area (Å²) in [6, 6.07) is 8.03. The molecule has 3 heterocycles. The van der Waals surface area contributed by atoms with E-state index in [2.05, 4.69) is 31.2 Å². The van der Waals surface area contributed by atoms with Gasteiger partial charge in [-0.05, 0) is 61.3 Å². The van der Waals surface area contributed by atoms with E-state index in [1.807, 2.05) is 0 Å². The maximum absolute atomic E-state index is 13.4. The number of alkyl halides is 3. The number of hydrogen-bond donors (Lipinski definition) is 0. The maximum Gasteiger partial charge on any atom is 0.417 e. The average Bonchev–Trinajstić information content (AvgIpc) is 3.18. The van der Waals surface area contributed by atoms with E-state index in [-0.39, 0.29) is 33.8 Å². The predicted molar refractivity (Wildman–Crippen MR) is 129 cm³/mol. The fourth-order valence-electron chi connectivity index (χ4n) is 4.33. The van der Waals surface area contributed by atoms with Gasteiger partial charge in [0.1, 0.15) is 5.52 Å². The lowest BCUT2D eigenvalue weighted by Crippen LogP contribution is -2.45. The summed E-state index contributed by atoms with van der Waals surface area (Å²) in [5.74, 6) is -0.596. The zero-order valence-electron chi connectivity index (χ0n) is 18.8. The van der Waals surface area contributed by atoms with Gasteiger partial charge in [-0.3, -0.25) is 14.2 Å². The molecule has 13 heteroatoms. The Bertz CT molecular complexity index is 1600. The summed E-state index contributed by atoms with van der Waals surface area (Å²) in [5, 5.41) is 7.92. The monoisotopic (exact) mass is 580 g/mol. The standard InChI is InChI=1S/C23H17BrClF3N6O2/c1-11-7-14-18(10-33(11)20(35)12-3-5-16(24)15(8-12)23(26,27)28)29-22(25)34(21(14)36)13-4-6-19-17(9-13)30-31-32(19)2/h3-6,8-9,11H,7,10H2,1-2H3/t11-/m1/s1. The van der Waals surface area contributed by atoms with E-state index in [0.717, 1.165) is 11.6 Å². The Balaban J connectivity index is 1.51. The molecule has 0 fully saturated rings. The molecule has 0 aliphatic carbocycles. The van der Waals surface area contributed by atoms with Gasteiger partial charge in [0, 0.05) is 28.7 Å². The molecular formula is C23H17BrClF3N6O2. The van der Waals surface area contributed by atoms with Crippen molar-refractivity contribution in [2.24, 2.45) is 7.05 Å². The smallest absolute Gasteiger partial charge is 0.330 e. The maximum atomic E-state index is 13.4. The van der Waals surface area contributed by atoms with Crippen LogP contribution in [0.2, 0.25) is 5.28 Å². The number of amides is 1. The third-order valence-corrected chi connectivity index (χ3v) is 7.15. The number of carbonyl (C=O) groups excluding carboxylic acids is 1. The Kier molecular flexibility index (Phi) is 5.91. The first-order valence-corrected chi connectivity index (χ1v) is 11.9. The van der Waals surface area contributed by atoms with E-state index in [9.17, 15) is 22.8 Å². The summed E-state index contributed by atoms with van der Waals surface area (Å²) >= 11 is 9.29. The third-order valence-electron chi connectivity index (χ3n) is 6.21. The molecular weight excluding hydrogens is 565 g/mol. The van der Waals surface area contributed by atoms with Gasteiger partial charge in [0.05, 0.1) is 29.0 Å². The second-order valence-electron chi connectivity index (χ2n) is 8.51. The van der Waals surface area contributed by atoms with Crippen molar-refractivity contribution in [2.45, 2.75) is 32.1 Å². The van der Waals surface area contributed by atoms with Crippen molar-refractivity contribution >= 4 is 44.5 Å². The molecule has 8 nitrogen and oxygen atoms in total. The lowest BCUT2D eigenvalue weighted by molar-refractivity contribution is -0.138. The largest absolute Gasteiger partial charge is 0.417 e. The van der Waals surface area contributed by atoms with Crippen LogP contribution in [0, 0.1) is 0 Å². The van der Waals surface area contributed by atoms with Gasteiger partial charge < -0.3 is 4.90 Å². The number of halogens is 5. The minimum atomic E-state index is -4.62. The molecule has 186 valence electrons. The van der Waals surface area contributed by atoms with Gasteiger partial charge in [0.2, 0.25) is 5.28 Å². The molecule has 4 aromatic rings. The molecule has 1 aliphatic heterocycles. The fourth-order valence-corrected chi connectivity index (χ4v) is 5.08. The Morgan fingerprint density at radius 2 is 1.94 bits per heavy atom. The van der Waals surface area contributed by atoms with E-state index in [0.29, 0.717) is 22.5 Å². The SMILES string of the molecule is C[C@@H]1Cc2c(nc(Cl)n(-c3ccc4c(c3)nnn4C)c2=O)CN1C(=O)c1ccc(Br)c(C(F)(F)F)c1.